The molecule has 28 heavy (non-hydrogen) atoms. The molecule has 0 saturated heterocycles. The molecule has 0 bridgehead atoms. The summed E-state index contributed by atoms with van der Waals surface area (Å²) >= 11 is 1.25. The van der Waals surface area contributed by atoms with Gasteiger partial charge >= 0.3 is 6.03 Å². The van der Waals surface area contributed by atoms with E-state index in [9.17, 15) is 9.59 Å². The van der Waals surface area contributed by atoms with Gasteiger partial charge in [0.05, 0.1) is 0 Å². The Morgan fingerprint density at radius 1 is 1.04 bits per heavy atom. The third-order valence-electron chi connectivity index (χ3n) is 4.43. The Hall–Kier alpha value is -3.13. The van der Waals surface area contributed by atoms with Crippen LogP contribution in [0.3, 0.4) is 0 Å². The first kappa shape index (κ1) is 18.2. The number of rotatable bonds is 6. The number of thioether (sulfide) groups is 1. The second kappa shape index (κ2) is 7.85. The summed E-state index contributed by atoms with van der Waals surface area (Å²) in [7, 11) is 0. The minimum atomic E-state index is -0.880. The first-order valence-electron chi connectivity index (χ1n) is 8.96. The molecular formula is C20H19N5O2S. The number of nitrogens with zero attached hydrogens (tertiary/aromatic N) is 3. The Morgan fingerprint density at radius 2 is 1.68 bits per heavy atom. The summed E-state index contributed by atoms with van der Waals surface area (Å²) in [6, 6.07) is 18.2. The average molecular weight is 393 g/mol. The van der Waals surface area contributed by atoms with Crippen molar-refractivity contribution in [3.05, 3.63) is 72.1 Å². The summed E-state index contributed by atoms with van der Waals surface area (Å²) in [6.45, 7) is 0. The van der Waals surface area contributed by atoms with Crippen molar-refractivity contribution in [2.45, 2.75) is 29.2 Å². The molecule has 7 nitrogen and oxygen atoms in total. The minimum absolute atomic E-state index is 0.386. The van der Waals surface area contributed by atoms with Crippen LogP contribution in [0.5, 0.6) is 0 Å². The molecule has 1 aliphatic rings. The van der Waals surface area contributed by atoms with Crippen LogP contribution in [0.1, 0.15) is 35.4 Å². The maximum Gasteiger partial charge on any atom is 0.318 e. The Bertz CT molecular complexity index is 986. The minimum Gasteiger partial charge on any atom is -0.351 e. The van der Waals surface area contributed by atoms with Gasteiger partial charge in [0.15, 0.2) is 5.16 Å². The first-order chi connectivity index (χ1) is 13.6. The number of aromatic nitrogens is 3. The maximum absolute atomic E-state index is 12.7. The van der Waals surface area contributed by atoms with Crippen molar-refractivity contribution in [1.29, 1.82) is 0 Å². The average Bonchev–Trinajstić information content (AvgIpc) is 3.46. The number of hydrogen-bond acceptors (Lipinski definition) is 5. The molecule has 3 amide bonds. The van der Waals surface area contributed by atoms with Gasteiger partial charge in [0.25, 0.3) is 0 Å². The number of para-hydroxylation sites is 1. The lowest BCUT2D eigenvalue weighted by Gasteiger charge is -2.16. The van der Waals surface area contributed by atoms with Crippen molar-refractivity contribution in [3.63, 3.8) is 0 Å². The van der Waals surface area contributed by atoms with Crippen LogP contribution in [0.2, 0.25) is 0 Å². The Morgan fingerprint density at radius 3 is 2.29 bits per heavy atom. The van der Waals surface area contributed by atoms with Gasteiger partial charge in [0.2, 0.25) is 5.91 Å². The number of urea groups is 1. The number of primary amides is 1. The molecular weight excluding hydrogens is 374 g/mol. The van der Waals surface area contributed by atoms with E-state index < -0.39 is 17.2 Å². The van der Waals surface area contributed by atoms with Crippen LogP contribution < -0.4 is 11.1 Å². The quantitative estimate of drug-likeness (QED) is 0.626. The zero-order valence-corrected chi connectivity index (χ0v) is 15.8. The second-order valence-corrected chi connectivity index (χ2v) is 7.62. The van der Waals surface area contributed by atoms with Gasteiger partial charge in [-0.2, -0.15) is 0 Å². The number of benzene rings is 2. The van der Waals surface area contributed by atoms with E-state index in [2.05, 4.69) is 15.5 Å². The Balaban J connectivity index is 1.73. The Kier molecular flexibility index (Phi) is 5.12. The van der Waals surface area contributed by atoms with Crippen LogP contribution in [0.15, 0.2) is 65.8 Å². The summed E-state index contributed by atoms with van der Waals surface area (Å²) in [5.74, 6) is 0.798. The number of nitrogens with one attached hydrogen (secondary N) is 1. The molecule has 142 valence electrons. The van der Waals surface area contributed by atoms with Gasteiger partial charge in [-0.3, -0.25) is 14.7 Å². The molecule has 3 aromatic rings. The fourth-order valence-corrected chi connectivity index (χ4v) is 4.04. The van der Waals surface area contributed by atoms with Crippen molar-refractivity contribution in [1.82, 2.24) is 20.1 Å². The molecule has 1 atom stereocenters. The third kappa shape index (κ3) is 3.91. The molecule has 8 heteroatoms. The lowest BCUT2D eigenvalue weighted by Crippen LogP contribution is -2.37. The lowest BCUT2D eigenvalue weighted by molar-refractivity contribution is -0.119. The summed E-state index contributed by atoms with van der Waals surface area (Å²) in [6.07, 6.45) is 2.17. The first-order valence-corrected chi connectivity index (χ1v) is 9.84. The standard InChI is InChI=1S/C20H19N5O2S/c21-19(27)22-18(26)16(13-7-3-1-4-8-13)28-20-24-23-17(14-11-12-14)25(20)15-9-5-2-6-10-15/h1-10,14,16H,11-12H2,(H3,21,22,26,27). The van der Waals surface area contributed by atoms with E-state index in [1.54, 1.807) is 0 Å². The van der Waals surface area contributed by atoms with Gasteiger partial charge in [0.1, 0.15) is 11.1 Å². The third-order valence-corrected chi connectivity index (χ3v) is 5.62. The molecule has 1 aliphatic carbocycles. The number of hydrogen-bond donors (Lipinski definition) is 2. The number of amides is 3. The van der Waals surface area contributed by atoms with Gasteiger partial charge < -0.3 is 5.73 Å². The number of carbonyl (C=O) groups is 2. The zero-order chi connectivity index (χ0) is 19.5. The summed E-state index contributed by atoms with van der Waals surface area (Å²) < 4.78 is 2.00. The molecule has 3 N–H and O–H groups in total. The Labute approximate surface area is 166 Å². The smallest absolute Gasteiger partial charge is 0.318 e. The van der Waals surface area contributed by atoms with E-state index in [0.717, 1.165) is 29.9 Å². The van der Waals surface area contributed by atoms with Gasteiger partial charge in [-0.15, -0.1) is 10.2 Å². The van der Waals surface area contributed by atoms with Gasteiger partial charge in [-0.25, -0.2) is 4.79 Å². The molecule has 1 aromatic heterocycles. The van der Waals surface area contributed by atoms with Crippen molar-refractivity contribution >= 4 is 23.7 Å². The molecule has 1 fully saturated rings. The van der Waals surface area contributed by atoms with Crippen LogP contribution in [0, 0.1) is 0 Å². The number of nitrogens with two attached hydrogens (primary N) is 1. The van der Waals surface area contributed by atoms with Crippen LogP contribution in [0.4, 0.5) is 4.79 Å². The largest absolute Gasteiger partial charge is 0.351 e. The highest BCUT2D eigenvalue weighted by Crippen LogP contribution is 2.43. The topological polar surface area (TPSA) is 103 Å². The van der Waals surface area contributed by atoms with Crippen LogP contribution in [-0.4, -0.2) is 26.7 Å². The lowest BCUT2D eigenvalue weighted by atomic mass is 10.1. The van der Waals surface area contributed by atoms with Crippen molar-refractivity contribution in [2.24, 2.45) is 5.73 Å². The second-order valence-electron chi connectivity index (χ2n) is 6.55. The maximum atomic E-state index is 12.7. The van der Waals surface area contributed by atoms with E-state index in [1.165, 1.54) is 11.8 Å². The molecule has 1 heterocycles. The SMILES string of the molecule is NC(=O)NC(=O)C(Sc1nnc(C2CC2)n1-c1ccccc1)c1ccccc1. The predicted molar refractivity (Wildman–Crippen MR) is 106 cm³/mol. The van der Waals surface area contributed by atoms with E-state index in [0.29, 0.717) is 11.1 Å². The van der Waals surface area contributed by atoms with Crippen LogP contribution in [-0.2, 0) is 4.79 Å². The van der Waals surface area contributed by atoms with E-state index in [4.69, 9.17) is 5.73 Å². The van der Waals surface area contributed by atoms with Gasteiger partial charge in [0, 0.05) is 11.6 Å². The van der Waals surface area contributed by atoms with Crippen LogP contribution in [0.25, 0.3) is 5.69 Å². The van der Waals surface area contributed by atoms with Crippen molar-refractivity contribution < 1.29 is 9.59 Å². The zero-order valence-electron chi connectivity index (χ0n) is 15.0. The number of imide groups is 1. The normalized spacial score (nSPS) is 14.4. The number of carbonyl (C=O) groups excluding carboxylic acids is 2. The fourth-order valence-electron chi connectivity index (χ4n) is 2.98. The highest BCUT2D eigenvalue weighted by Gasteiger charge is 2.33. The highest BCUT2D eigenvalue weighted by atomic mass is 32.2. The van der Waals surface area contributed by atoms with Crippen molar-refractivity contribution in [3.8, 4) is 5.69 Å². The molecule has 1 unspecified atom stereocenters. The molecule has 4 rings (SSSR count). The summed E-state index contributed by atoms with van der Waals surface area (Å²) in [5, 5.41) is 10.8. The van der Waals surface area contributed by atoms with Gasteiger partial charge in [-0.1, -0.05) is 60.3 Å². The monoisotopic (exact) mass is 393 g/mol. The fraction of sp³-hybridized carbons (Fsp3) is 0.200. The summed E-state index contributed by atoms with van der Waals surface area (Å²) in [4.78, 5) is 23.9. The van der Waals surface area contributed by atoms with Crippen molar-refractivity contribution in [2.75, 3.05) is 0 Å². The summed E-state index contributed by atoms with van der Waals surface area (Å²) in [5.41, 5.74) is 6.86. The predicted octanol–water partition coefficient (Wildman–Crippen LogP) is 3.17. The molecule has 0 radical (unpaired) electrons. The molecule has 0 spiro atoms. The van der Waals surface area contributed by atoms with Gasteiger partial charge in [-0.05, 0) is 30.5 Å². The molecule has 0 aliphatic heterocycles. The van der Waals surface area contributed by atoms with E-state index in [-0.39, 0.29) is 0 Å². The van der Waals surface area contributed by atoms with E-state index >= 15 is 0 Å². The molecule has 1 saturated carbocycles. The van der Waals surface area contributed by atoms with E-state index in [1.807, 2.05) is 65.2 Å². The van der Waals surface area contributed by atoms with Crippen LogP contribution >= 0.6 is 11.8 Å². The highest BCUT2D eigenvalue weighted by molar-refractivity contribution is 8.00. The molecule has 2 aromatic carbocycles.